The third kappa shape index (κ3) is 3.23. The first-order valence-electron chi connectivity index (χ1n) is 9.38. The number of fused-ring (bicyclic) bond motifs is 2. The third-order valence-electron chi connectivity index (χ3n) is 5.48. The van der Waals surface area contributed by atoms with Crippen molar-refractivity contribution in [2.24, 2.45) is 12.0 Å². The van der Waals surface area contributed by atoms with Crippen LogP contribution in [-0.4, -0.2) is 26.3 Å². The van der Waals surface area contributed by atoms with Crippen LogP contribution in [0.25, 0.3) is 0 Å². The maximum Gasteiger partial charge on any atom is 0.227 e. The predicted molar refractivity (Wildman–Crippen MR) is 108 cm³/mol. The Morgan fingerprint density at radius 1 is 1.17 bits per heavy atom. The number of halogens is 2. The molecule has 0 aliphatic carbocycles. The normalized spacial score (nSPS) is 15.3. The van der Waals surface area contributed by atoms with Gasteiger partial charge in [-0.2, -0.15) is 5.10 Å². The van der Waals surface area contributed by atoms with E-state index in [1.54, 1.807) is 21.7 Å². The summed E-state index contributed by atoms with van der Waals surface area (Å²) in [5.41, 5.74) is 7.19. The molecule has 146 valence electrons. The van der Waals surface area contributed by atoms with Gasteiger partial charge in [0.15, 0.2) is 0 Å². The Labute approximate surface area is 172 Å². The maximum atomic E-state index is 13.4. The van der Waals surface area contributed by atoms with Gasteiger partial charge in [-0.15, -0.1) is 0 Å². The van der Waals surface area contributed by atoms with Gasteiger partial charge in [-0.1, -0.05) is 23.7 Å². The van der Waals surface area contributed by atoms with E-state index >= 15 is 0 Å². The Morgan fingerprint density at radius 3 is 2.79 bits per heavy atom. The summed E-state index contributed by atoms with van der Waals surface area (Å²) >= 11 is 5.89. The zero-order valence-electron chi connectivity index (χ0n) is 15.8. The molecule has 1 amide bonds. The monoisotopic (exact) mass is 408 g/mol. The molecule has 0 N–H and O–H groups in total. The minimum Gasteiger partial charge on any atom is -0.334 e. The van der Waals surface area contributed by atoms with Crippen molar-refractivity contribution in [1.29, 1.82) is 0 Å². The molecule has 2 aromatic carbocycles. The molecule has 7 heteroatoms. The van der Waals surface area contributed by atoms with Crippen molar-refractivity contribution < 1.29 is 9.18 Å². The highest BCUT2D eigenvalue weighted by atomic mass is 35.5. The molecule has 0 saturated heterocycles. The van der Waals surface area contributed by atoms with Gasteiger partial charge in [0.2, 0.25) is 5.91 Å². The van der Waals surface area contributed by atoms with Crippen LogP contribution < -0.4 is 0 Å². The van der Waals surface area contributed by atoms with Crippen LogP contribution in [0, 0.1) is 5.82 Å². The molecule has 0 fully saturated rings. The lowest BCUT2D eigenvalue weighted by molar-refractivity contribution is -0.132. The second kappa shape index (κ2) is 6.81. The average molecular weight is 409 g/mol. The Bertz CT molecular complexity index is 1180. The highest BCUT2D eigenvalue weighted by Crippen LogP contribution is 2.30. The van der Waals surface area contributed by atoms with Gasteiger partial charge < -0.3 is 4.90 Å². The molecule has 0 saturated carbocycles. The molecule has 3 aromatic rings. The summed E-state index contributed by atoms with van der Waals surface area (Å²) in [6.07, 6.45) is 4.14. The van der Waals surface area contributed by atoms with Crippen molar-refractivity contribution in [3.8, 4) is 0 Å². The van der Waals surface area contributed by atoms with Crippen LogP contribution in [0.15, 0.2) is 47.7 Å². The van der Waals surface area contributed by atoms with E-state index in [-0.39, 0.29) is 10.9 Å². The van der Waals surface area contributed by atoms with E-state index in [1.807, 2.05) is 19.4 Å². The van der Waals surface area contributed by atoms with E-state index in [4.69, 9.17) is 16.6 Å². The number of nitrogens with zero attached hydrogens (tertiary/aromatic N) is 4. The molecule has 0 bridgehead atoms. The van der Waals surface area contributed by atoms with Gasteiger partial charge in [0.05, 0.1) is 29.9 Å². The summed E-state index contributed by atoms with van der Waals surface area (Å²) in [4.78, 5) is 19.2. The number of hydrogen-bond acceptors (Lipinski definition) is 3. The molecule has 5 rings (SSSR count). The molecule has 5 nitrogen and oxygen atoms in total. The Morgan fingerprint density at radius 2 is 2.03 bits per heavy atom. The minimum absolute atomic E-state index is 0.0595. The van der Waals surface area contributed by atoms with E-state index < -0.39 is 5.82 Å². The third-order valence-corrected chi connectivity index (χ3v) is 5.77. The lowest BCUT2D eigenvalue weighted by atomic mass is 9.91. The summed E-state index contributed by atoms with van der Waals surface area (Å²) < 4.78 is 15.2. The molecule has 0 spiro atoms. The smallest absolute Gasteiger partial charge is 0.227 e. The number of benzene rings is 2. The maximum absolute atomic E-state index is 13.4. The van der Waals surface area contributed by atoms with Gasteiger partial charge in [0, 0.05) is 37.5 Å². The van der Waals surface area contributed by atoms with Crippen molar-refractivity contribution in [3.05, 3.63) is 86.9 Å². The fourth-order valence-electron chi connectivity index (χ4n) is 4.01. The molecule has 2 aliphatic rings. The van der Waals surface area contributed by atoms with Gasteiger partial charge in [-0.25, -0.2) is 4.39 Å². The van der Waals surface area contributed by atoms with Crippen LogP contribution in [0.1, 0.15) is 33.4 Å². The zero-order chi connectivity index (χ0) is 20.1. The molecular weight excluding hydrogens is 391 g/mol. The van der Waals surface area contributed by atoms with Crippen LogP contribution in [0.2, 0.25) is 5.02 Å². The standard InChI is InChI=1S/C22H18ClFN4O/c1-27-11-17(9-26-27)22-18-6-16-12-28(10-13-2-3-20(24)19(23)4-13)21(29)7-14(16)5-15(18)8-25-22/h2-6,9,11H,7-8,10,12H2,1H3. The average Bonchev–Trinajstić information content (AvgIpc) is 3.29. The quantitative estimate of drug-likeness (QED) is 0.664. The van der Waals surface area contributed by atoms with Crippen LogP contribution in [0.3, 0.4) is 0 Å². The second-order valence-corrected chi connectivity index (χ2v) is 7.93. The number of aliphatic imine (C=N–C) groups is 1. The highest BCUT2D eigenvalue weighted by molar-refractivity contribution is 6.30. The van der Waals surface area contributed by atoms with Gasteiger partial charge >= 0.3 is 0 Å². The predicted octanol–water partition coefficient (Wildman–Crippen LogP) is 3.65. The SMILES string of the molecule is Cn1cc(C2=NCc3cc4c(cc32)CN(Cc2ccc(F)c(Cl)c2)C(=O)C4)cn1. The van der Waals surface area contributed by atoms with E-state index in [2.05, 4.69) is 17.2 Å². The van der Waals surface area contributed by atoms with Gasteiger partial charge in [-0.05, 0) is 40.5 Å². The molecular formula is C22H18ClFN4O. The molecule has 0 unspecified atom stereocenters. The van der Waals surface area contributed by atoms with Gasteiger partial charge in [0.1, 0.15) is 5.82 Å². The first kappa shape index (κ1) is 18.1. The number of aromatic nitrogens is 2. The summed E-state index contributed by atoms with van der Waals surface area (Å²) in [7, 11) is 1.89. The Hall–Kier alpha value is -2.99. The van der Waals surface area contributed by atoms with E-state index in [0.717, 1.165) is 39.1 Å². The van der Waals surface area contributed by atoms with Crippen LogP contribution in [0.4, 0.5) is 4.39 Å². The summed E-state index contributed by atoms with van der Waals surface area (Å²) in [5, 5.41) is 4.32. The van der Waals surface area contributed by atoms with Crippen LogP contribution >= 0.6 is 11.6 Å². The summed E-state index contributed by atoms with van der Waals surface area (Å²) in [6, 6.07) is 8.85. The summed E-state index contributed by atoms with van der Waals surface area (Å²) in [6.45, 7) is 1.54. The largest absolute Gasteiger partial charge is 0.334 e. The molecule has 0 radical (unpaired) electrons. The molecule has 29 heavy (non-hydrogen) atoms. The molecule has 3 heterocycles. The lowest BCUT2D eigenvalue weighted by Crippen LogP contribution is -2.35. The highest BCUT2D eigenvalue weighted by Gasteiger charge is 2.27. The number of hydrogen-bond donors (Lipinski definition) is 0. The first-order valence-corrected chi connectivity index (χ1v) is 9.76. The fourth-order valence-corrected chi connectivity index (χ4v) is 4.22. The second-order valence-electron chi connectivity index (χ2n) is 7.52. The van der Waals surface area contributed by atoms with Crippen molar-refractivity contribution in [2.75, 3.05) is 0 Å². The van der Waals surface area contributed by atoms with Crippen molar-refractivity contribution in [3.63, 3.8) is 0 Å². The fraction of sp³-hybridized carbons (Fsp3) is 0.227. The van der Waals surface area contributed by atoms with E-state index in [0.29, 0.717) is 26.1 Å². The zero-order valence-corrected chi connectivity index (χ0v) is 16.6. The number of amides is 1. The van der Waals surface area contributed by atoms with Crippen molar-refractivity contribution in [2.45, 2.75) is 26.1 Å². The Balaban J connectivity index is 1.44. The molecule has 1 aromatic heterocycles. The Kier molecular flexibility index (Phi) is 4.24. The number of carbonyl (C=O) groups excluding carboxylic acids is 1. The van der Waals surface area contributed by atoms with Crippen LogP contribution in [-0.2, 0) is 37.9 Å². The molecule has 2 aliphatic heterocycles. The number of aryl methyl sites for hydroxylation is 1. The van der Waals surface area contributed by atoms with Gasteiger partial charge in [0.25, 0.3) is 0 Å². The number of rotatable bonds is 3. The molecule has 0 atom stereocenters. The minimum atomic E-state index is -0.455. The van der Waals surface area contributed by atoms with E-state index in [9.17, 15) is 9.18 Å². The lowest BCUT2D eigenvalue weighted by Gasteiger charge is -2.29. The van der Waals surface area contributed by atoms with Crippen molar-refractivity contribution in [1.82, 2.24) is 14.7 Å². The van der Waals surface area contributed by atoms with Crippen molar-refractivity contribution >= 4 is 23.2 Å². The topological polar surface area (TPSA) is 50.5 Å². The summed E-state index contributed by atoms with van der Waals surface area (Å²) in [5.74, 6) is -0.396. The number of carbonyl (C=O) groups is 1. The van der Waals surface area contributed by atoms with Gasteiger partial charge in [-0.3, -0.25) is 14.5 Å². The van der Waals surface area contributed by atoms with Crippen LogP contribution in [0.5, 0.6) is 0 Å². The first-order chi connectivity index (χ1) is 14.0. The van der Waals surface area contributed by atoms with E-state index in [1.165, 1.54) is 6.07 Å².